The summed E-state index contributed by atoms with van der Waals surface area (Å²) < 4.78 is 0. The van der Waals surface area contributed by atoms with E-state index in [0.717, 1.165) is 45.3 Å². The van der Waals surface area contributed by atoms with E-state index in [1.807, 2.05) is 111 Å². The maximum atomic E-state index is 13.3. The fraction of sp³-hybridized carbons (Fsp3) is 0.0500. The summed E-state index contributed by atoms with van der Waals surface area (Å²) in [7, 11) is 0. The van der Waals surface area contributed by atoms with Crippen LogP contribution in [0, 0.1) is 0 Å². The molecule has 0 saturated carbocycles. The second-order valence-corrected chi connectivity index (χ2v) is 10.1. The number of rotatable bonds is 6. The molecule has 0 fully saturated rings. The van der Waals surface area contributed by atoms with E-state index in [2.05, 4.69) is 58.3 Å². The highest BCUT2D eigenvalue weighted by molar-refractivity contribution is 6.53. The Morgan fingerprint density at radius 2 is 0.591 bits per heavy atom. The highest BCUT2D eigenvalue weighted by Crippen LogP contribution is 2.43. The van der Waals surface area contributed by atoms with E-state index in [-0.39, 0.29) is 0 Å². The average molecular weight is 573 g/mol. The largest absolute Gasteiger partial charge is 0.310 e. The minimum atomic E-state index is -0.481. The molecular weight excluding hydrogens is 540 g/mol. The normalized spacial score (nSPS) is 11.5. The molecule has 0 unspecified atom stereocenters. The van der Waals surface area contributed by atoms with E-state index in [1.165, 1.54) is 0 Å². The second kappa shape index (κ2) is 12.6. The first kappa shape index (κ1) is 28.4. The lowest BCUT2D eigenvalue weighted by molar-refractivity contribution is 0.0815. The number of ketones is 2. The highest BCUT2D eigenvalue weighted by atomic mass is 16.2. The SMILES string of the molecule is CC.O=C1C(=O)c2ccc(N(c3ccccc3)c3ccccc3)cc2-c2cc(N(c3ccccc3)c3ccccc3)ccc21. The lowest BCUT2D eigenvalue weighted by Gasteiger charge is -2.29. The fourth-order valence-electron chi connectivity index (χ4n) is 5.63. The van der Waals surface area contributed by atoms with Gasteiger partial charge in [0, 0.05) is 45.3 Å². The van der Waals surface area contributed by atoms with E-state index in [9.17, 15) is 9.59 Å². The molecule has 4 heteroatoms. The zero-order valence-electron chi connectivity index (χ0n) is 24.7. The third kappa shape index (κ3) is 5.30. The standard InChI is InChI=1S/C38H26N2O2.C2H6/c41-37-33-23-21-31(39(27-13-5-1-6-14-27)28-15-7-2-8-16-28)25-35(33)36-26-32(22-24-34(36)38(37)42)40(29-17-9-3-10-18-29)30-19-11-4-12-20-30;1-2/h1-26H;1-2H3. The van der Waals surface area contributed by atoms with E-state index >= 15 is 0 Å². The van der Waals surface area contributed by atoms with Crippen LogP contribution < -0.4 is 9.80 Å². The van der Waals surface area contributed by atoms with Gasteiger partial charge in [0.1, 0.15) is 0 Å². The molecule has 6 aromatic rings. The minimum Gasteiger partial charge on any atom is -0.310 e. The second-order valence-electron chi connectivity index (χ2n) is 10.1. The van der Waals surface area contributed by atoms with Crippen LogP contribution in [0.2, 0.25) is 0 Å². The third-order valence-electron chi connectivity index (χ3n) is 7.57. The summed E-state index contributed by atoms with van der Waals surface area (Å²) in [5.41, 5.74) is 8.09. The molecule has 0 aromatic heterocycles. The van der Waals surface area contributed by atoms with Crippen molar-refractivity contribution in [2.24, 2.45) is 0 Å². The van der Waals surface area contributed by atoms with Gasteiger partial charge in [-0.05, 0) is 96.1 Å². The zero-order chi connectivity index (χ0) is 30.5. The van der Waals surface area contributed by atoms with Crippen LogP contribution in [0.1, 0.15) is 34.6 Å². The highest BCUT2D eigenvalue weighted by Gasteiger charge is 2.32. The van der Waals surface area contributed by atoms with Crippen LogP contribution in [0.25, 0.3) is 11.1 Å². The molecule has 0 aliphatic heterocycles. The Balaban J connectivity index is 0.00000168. The third-order valence-corrected chi connectivity index (χ3v) is 7.57. The van der Waals surface area contributed by atoms with Crippen LogP contribution in [0.3, 0.4) is 0 Å². The monoisotopic (exact) mass is 572 g/mol. The molecular formula is C40H32N2O2. The van der Waals surface area contributed by atoms with Gasteiger partial charge in [0.05, 0.1) is 0 Å². The zero-order valence-corrected chi connectivity index (χ0v) is 24.7. The number of anilines is 6. The molecule has 4 nitrogen and oxygen atoms in total. The van der Waals surface area contributed by atoms with Crippen molar-refractivity contribution in [2.75, 3.05) is 9.80 Å². The summed E-state index contributed by atoms with van der Waals surface area (Å²) in [6.45, 7) is 4.00. The number of carbonyl (C=O) groups is 2. The first-order valence-corrected chi connectivity index (χ1v) is 14.9. The molecule has 0 spiro atoms. The predicted octanol–water partition coefficient (Wildman–Crippen LogP) is 10.7. The van der Waals surface area contributed by atoms with Crippen molar-refractivity contribution in [3.63, 3.8) is 0 Å². The molecule has 0 N–H and O–H groups in total. The average Bonchev–Trinajstić information content (AvgIpc) is 3.10. The Hall–Kier alpha value is -5.74. The van der Waals surface area contributed by atoms with Gasteiger partial charge in [-0.15, -0.1) is 0 Å². The van der Waals surface area contributed by atoms with Crippen LogP contribution in [0.15, 0.2) is 158 Å². The van der Waals surface area contributed by atoms with Gasteiger partial charge in [0.2, 0.25) is 11.6 Å². The number of Topliss-reactive ketones (excluding diaryl/α,β-unsaturated/α-hetero) is 2. The topological polar surface area (TPSA) is 40.6 Å². The molecule has 0 amide bonds. The van der Waals surface area contributed by atoms with Gasteiger partial charge in [-0.25, -0.2) is 0 Å². The number of hydrogen-bond acceptors (Lipinski definition) is 4. The lowest BCUT2D eigenvalue weighted by Crippen LogP contribution is -2.22. The molecule has 6 aromatic carbocycles. The fourth-order valence-corrected chi connectivity index (χ4v) is 5.63. The number of hydrogen-bond donors (Lipinski definition) is 0. The first-order chi connectivity index (χ1) is 21.7. The van der Waals surface area contributed by atoms with Gasteiger partial charge in [0.15, 0.2) is 0 Å². The molecule has 44 heavy (non-hydrogen) atoms. The van der Waals surface area contributed by atoms with E-state index < -0.39 is 11.6 Å². The van der Waals surface area contributed by atoms with Gasteiger partial charge in [-0.1, -0.05) is 86.6 Å². The number of benzene rings is 6. The Morgan fingerprint density at radius 1 is 0.318 bits per heavy atom. The van der Waals surface area contributed by atoms with Crippen molar-refractivity contribution in [3.05, 3.63) is 169 Å². The Bertz CT molecular complexity index is 1680. The van der Waals surface area contributed by atoms with E-state index in [1.54, 1.807) is 12.1 Å². The summed E-state index contributed by atoms with van der Waals surface area (Å²) in [6.07, 6.45) is 0. The quantitative estimate of drug-likeness (QED) is 0.186. The lowest BCUT2D eigenvalue weighted by atomic mass is 9.83. The van der Waals surface area contributed by atoms with Gasteiger partial charge < -0.3 is 9.80 Å². The van der Waals surface area contributed by atoms with Crippen molar-refractivity contribution >= 4 is 45.7 Å². The Kier molecular flexibility index (Phi) is 8.15. The Morgan fingerprint density at radius 3 is 0.864 bits per heavy atom. The molecule has 0 radical (unpaired) electrons. The van der Waals surface area contributed by atoms with Crippen molar-refractivity contribution in [1.82, 2.24) is 0 Å². The molecule has 0 saturated heterocycles. The number of carbonyl (C=O) groups excluding carboxylic acids is 2. The predicted molar refractivity (Wildman–Crippen MR) is 181 cm³/mol. The summed E-state index contributed by atoms with van der Waals surface area (Å²) in [4.78, 5) is 30.9. The maximum Gasteiger partial charge on any atom is 0.234 e. The molecule has 7 rings (SSSR count). The van der Waals surface area contributed by atoms with Crippen molar-refractivity contribution in [1.29, 1.82) is 0 Å². The molecule has 0 atom stereocenters. The molecule has 0 bridgehead atoms. The molecule has 214 valence electrons. The van der Waals surface area contributed by atoms with E-state index in [4.69, 9.17) is 0 Å². The summed E-state index contributed by atoms with van der Waals surface area (Å²) in [6, 6.07) is 52.0. The van der Waals surface area contributed by atoms with Gasteiger partial charge in [-0.3, -0.25) is 9.59 Å². The Labute approximate surface area is 258 Å². The first-order valence-electron chi connectivity index (χ1n) is 14.9. The van der Waals surface area contributed by atoms with Crippen molar-refractivity contribution < 1.29 is 9.59 Å². The summed E-state index contributed by atoms with van der Waals surface area (Å²) >= 11 is 0. The van der Waals surface area contributed by atoms with Gasteiger partial charge in [0.25, 0.3) is 0 Å². The van der Waals surface area contributed by atoms with Crippen LogP contribution in [-0.4, -0.2) is 11.6 Å². The van der Waals surface area contributed by atoms with Crippen LogP contribution >= 0.6 is 0 Å². The number of para-hydroxylation sites is 4. The van der Waals surface area contributed by atoms with Crippen molar-refractivity contribution in [2.45, 2.75) is 13.8 Å². The smallest absolute Gasteiger partial charge is 0.234 e. The van der Waals surface area contributed by atoms with Crippen molar-refractivity contribution in [3.8, 4) is 11.1 Å². The number of nitrogens with zero attached hydrogens (tertiary/aromatic N) is 2. The van der Waals surface area contributed by atoms with Crippen LogP contribution in [-0.2, 0) is 0 Å². The summed E-state index contributed by atoms with van der Waals surface area (Å²) in [5, 5.41) is 0. The maximum absolute atomic E-state index is 13.3. The van der Waals surface area contributed by atoms with E-state index in [0.29, 0.717) is 11.1 Å². The van der Waals surface area contributed by atoms with Gasteiger partial charge in [-0.2, -0.15) is 0 Å². The van der Waals surface area contributed by atoms with Gasteiger partial charge >= 0.3 is 0 Å². The van der Waals surface area contributed by atoms with Crippen LogP contribution in [0.4, 0.5) is 34.1 Å². The molecule has 0 heterocycles. The minimum absolute atomic E-state index is 0.417. The molecule has 1 aliphatic rings. The number of fused-ring (bicyclic) bond motifs is 3. The summed E-state index contributed by atoms with van der Waals surface area (Å²) in [5.74, 6) is -0.962. The van der Waals surface area contributed by atoms with Crippen LogP contribution in [0.5, 0.6) is 0 Å². The molecule has 1 aliphatic carbocycles.